The van der Waals surface area contributed by atoms with Crippen LogP contribution in [-0.4, -0.2) is 49.5 Å². The van der Waals surface area contributed by atoms with E-state index in [4.69, 9.17) is 5.73 Å². The second-order valence-electron chi connectivity index (χ2n) is 4.34. The van der Waals surface area contributed by atoms with E-state index in [1.807, 2.05) is 0 Å². The highest BCUT2D eigenvalue weighted by atomic mass is 19.3. The monoisotopic (exact) mass is 235 g/mol. The summed E-state index contributed by atoms with van der Waals surface area (Å²) in [6.07, 6.45) is 0.274. The number of nitrogens with zero attached hydrogens (tertiary/aromatic N) is 1. The summed E-state index contributed by atoms with van der Waals surface area (Å²) in [5, 5.41) is 3.11. The van der Waals surface area contributed by atoms with Crippen LogP contribution in [0.5, 0.6) is 0 Å². The molecule has 0 aromatic rings. The SMILES string of the molecule is CN(CCC(NC1CC1)C(N)=O)CC(F)F. The third-order valence-electron chi connectivity index (χ3n) is 2.61. The normalized spacial score (nSPS) is 18.1. The predicted octanol–water partition coefficient (Wildman–Crippen LogP) is 0.179. The van der Waals surface area contributed by atoms with E-state index in [1.165, 1.54) is 4.90 Å². The van der Waals surface area contributed by atoms with Gasteiger partial charge in [-0.25, -0.2) is 8.78 Å². The van der Waals surface area contributed by atoms with E-state index in [2.05, 4.69) is 5.32 Å². The summed E-state index contributed by atoms with van der Waals surface area (Å²) in [4.78, 5) is 12.6. The van der Waals surface area contributed by atoms with Gasteiger partial charge >= 0.3 is 0 Å². The fourth-order valence-corrected chi connectivity index (χ4v) is 1.52. The molecule has 0 aliphatic heterocycles. The van der Waals surface area contributed by atoms with Crippen LogP contribution in [0.4, 0.5) is 8.78 Å². The lowest BCUT2D eigenvalue weighted by molar-refractivity contribution is -0.120. The Morgan fingerprint density at radius 1 is 1.56 bits per heavy atom. The molecule has 94 valence electrons. The summed E-state index contributed by atoms with van der Waals surface area (Å²) in [6.45, 7) is 0.173. The zero-order valence-electron chi connectivity index (χ0n) is 9.46. The highest BCUT2D eigenvalue weighted by Gasteiger charge is 2.27. The van der Waals surface area contributed by atoms with Crippen molar-refractivity contribution < 1.29 is 13.6 Å². The molecule has 1 rings (SSSR count). The minimum atomic E-state index is -2.34. The lowest BCUT2D eigenvalue weighted by Gasteiger charge is -2.20. The Bertz CT molecular complexity index is 234. The predicted molar refractivity (Wildman–Crippen MR) is 57.3 cm³/mol. The van der Waals surface area contributed by atoms with Crippen LogP contribution in [0.2, 0.25) is 0 Å². The first-order valence-corrected chi connectivity index (χ1v) is 5.51. The summed E-state index contributed by atoms with van der Waals surface area (Å²) >= 11 is 0. The highest BCUT2D eigenvalue weighted by Crippen LogP contribution is 2.19. The lowest BCUT2D eigenvalue weighted by atomic mass is 10.2. The third kappa shape index (κ3) is 5.37. The average molecular weight is 235 g/mol. The first kappa shape index (κ1) is 13.3. The molecule has 1 atom stereocenters. The van der Waals surface area contributed by atoms with E-state index in [0.29, 0.717) is 19.0 Å². The molecular weight excluding hydrogens is 216 g/mol. The fourth-order valence-electron chi connectivity index (χ4n) is 1.52. The third-order valence-corrected chi connectivity index (χ3v) is 2.61. The molecule has 0 heterocycles. The maximum atomic E-state index is 12.0. The number of nitrogens with two attached hydrogens (primary N) is 1. The second kappa shape index (κ2) is 6.10. The Morgan fingerprint density at radius 3 is 2.62 bits per heavy atom. The van der Waals surface area contributed by atoms with Crippen LogP contribution in [0.15, 0.2) is 0 Å². The summed E-state index contributed by atoms with van der Waals surface area (Å²) in [7, 11) is 1.61. The standard InChI is InChI=1S/C10H19F2N3O/c1-15(6-9(11)12)5-4-8(10(13)16)14-7-2-3-7/h7-9,14H,2-6H2,1H3,(H2,13,16). The zero-order chi connectivity index (χ0) is 12.1. The molecule has 0 bridgehead atoms. The minimum absolute atomic E-state index is 0.269. The van der Waals surface area contributed by atoms with Crippen molar-refractivity contribution in [3.8, 4) is 0 Å². The molecule has 1 aliphatic carbocycles. The molecule has 1 aliphatic rings. The molecule has 6 heteroatoms. The number of carbonyl (C=O) groups is 1. The van der Waals surface area contributed by atoms with Crippen LogP contribution in [0.3, 0.4) is 0 Å². The van der Waals surface area contributed by atoms with Crippen molar-refractivity contribution in [2.75, 3.05) is 20.1 Å². The molecule has 0 aromatic heterocycles. The molecule has 1 saturated carbocycles. The van der Waals surface area contributed by atoms with Crippen molar-refractivity contribution in [1.29, 1.82) is 0 Å². The van der Waals surface area contributed by atoms with Gasteiger partial charge in [-0.05, 0) is 26.3 Å². The number of rotatable bonds is 8. The number of hydrogen-bond donors (Lipinski definition) is 2. The first-order valence-electron chi connectivity index (χ1n) is 5.51. The van der Waals surface area contributed by atoms with Gasteiger partial charge in [-0.1, -0.05) is 0 Å². The van der Waals surface area contributed by atoms with Gasteiger partial charge in [0.15, 0.2) is 0 Å². The van der Waals surface area contributed by atoms with E-state index in [0.717, 1.165) is 12.8 Å². The van der Waals surface area contributed by atoms with Crippen LogP contribution in [0.25, 0.3) is 0 Å². The van der Waals surface area contributed by atoms with Crippen LogP contribution in [0.1, 0.15) is 19.3 Å². The number of carbonyl (C=O) groups excluding carboxylic acids is 1. The van der Waals surface area contributed by atoms with Crippen LogP contribution >= 0.6 is 0 Å². The molecule has 4 nitrogen and oxygen atoms in total. The summed E-state index contributed by atoms with van der Waals surface area (Å²) in [5.74, 6) is -0.405. The van der Waals surface area contributed by atoms with Gasteiger partial charge in [0, 0.05) is 12.6 Å². The number of amides is 1. The largest absolute Gasteiger partial charge is 0.368 e. The smallest absolute Gasteiger partial charge is 0.251 e. The molecule has 16 heavy (non-hydrogen) atoms. The van der Waals surface area contributed by atoms with Crippen LogP contribution in [-0.2, 0) is 4.79 Å². The van der Waals surface area contributed by atoms with Crippen LogP contribution < -0.4 is 11.1 Å². The first-order chi connectivity index (χ1) is 7.49. The van der Waals surface area contributed by atoms with E-state index in [-0.39, 0.29) is 6.54 Å². The van der Waals surface area contributed by atoms with Crippen molar-refractivity contribution in [3.63, 3.8) is 0 Å². The van der Waals surface area contributed by atoms with E-state index in [9.17, 15) is 13.6 Å². The quantitative estimate of drug-likeness (QED) is 0.631. The van der Waals surface area contributed by atoms with Gasteiger partial charge in [0.05, 0.1) is 12.6 Å². The Hall–Kier alpha value is -0.750. The van der Waals surface area contributed by atoms with Crippen LogP contribution in [0, 0.1) is 0 Å². The van der Waals surface area contributed by atoms with Crippen molar-refractivity contribution in [3.05, 3.63) is 0 Å². The summed E-state index contributed by atoms with van der Waals surface area (Å²) < 4.78 is 24.1. The van der Waals surface area contributed by atoms with Gasteiger partial charge < -0.3 is 16.0 Å². The minimum Gasteiger partial charge on any atom is -0.368 e. The Kier molecular flexibility index (Phi) is 5.08. The maximum Gasteiger partial charge on any atom is 0.251 e. The van der Waals surface area contributed by atoms with Gasteiger partial charge in [-0.15, -0.1) is 0 Å². The Labute approximate surface area is 94.2 Å². The molecular formula is C10H19F2N3O. The zero-order valence-corrected chi connectivity index (χ0v) is 9.46. The van der Waals surface area contributed by atoms with Crippen molar-refractivity contribution >= 4 is 5.91 Å². The Morgan fingerprint density at radius 2 is 2.19 bits per heavy atom. The lowest BCUT2D eigenvalue weighted by Crippen LogP contribution is -2.44. The van der Waals surface area contributed by atoms with Gasteiger partial charge in [-0.2, -0.15) is 0 Å². The number of alkyl halides is 2. The van der Waals surface area contributed by atoms with E-state index in [1.54, 1.807) is 7.05 Å². The second-order valence-corrected chi connectivity index (χ2v) is 4.34. The van der Waals surface area contributed by atoms with Gasteiger partial charge in [-0.3, -0.25) is 4.79 Å². The molecule has 0 saturated heterocycles. The molecule has 0 aromatic carbocycles. The summed E-state index contributed by atoms with van der Waals surface area (Å²) in [5.41, 5.74) is 5.23. The van der Waals surface area contributed by atoms with Crippen molar-refractivity contribution in [2.24, 2.45) is 5.73 Å². The molecule has 0 spiro atoms. The number of hydrogen-bond acceptors (Lipinski definition) is 3. The molecule has 1 amide bonds. The Balaban J connectivity index is 2.22. The maximum absolute atomic E-state index is 12.0. The van der Waals surface area contributed by atoms with Crippen molar-refractivity contribution in [1.82, 2.24) is 10.2 Å². The van der Waals surface area contributed by atoms with Gasteiger partial charge in [0.1, 0.15) is 0 Å². The van der Waals surface area contributed by atoms with Gasteiger partial charge in [0.2, 0.25) is 5.91 Å². The van der Waals surface area contributed by atoms with Gasteiger partial charge in [0.25, 0.3) is 6.43 Å². The van der Waals surface area contributed by atoms with E-state index >= 15 is 0 Å². The molecule has 1 fully saturated rings. The number of nitrogens with one attached hydrogen (secondary N) is 1. The van der Waals surface area contributed by atoms with Crippen molar-refractivity contribution in [2.45, 2.75) is 37.8 Å². The van der Waals surface area contributed by atoms with E-state index < -0.39 is 18.4 Å². The highest BCUT2D eigenvalue weighted by molar-refractivity contribution is 5.79. The molecule has 1 unspecified atom stereocenters. The topological polar surface area (TPSA) is 58.4 Å². The number of halogens is 2. The average Bonchev–Trinajstić information content (AvgIpc) is 2.93. The summed E-state index contributed by atoms with van der Waals surface area (Å²) in [6, 6.07) is -0.00877. The molecule has 0 radical (unpaired) electrons. The number of primary amides is 1. The molecule has 3 N–H and O–H groups in total. The fraction of sp³-hybridized carbons (Fsp3) is 0.900.